The van der Waals surface area contributed by atoms with Crippen LogP contribution in [-0.2, 0) is 0 Å². The Balaban J connectivity index is 1.86. The molecule has 0 aliphatic carbocycles. The van der Waals surface area contributed by atoms with Gasteiger partial charge in [-0.2, -0.15) is 5.26 Å². The molecule has 4 rings (SSSR count). The minimum Gasteiger partial charge on any atom is -0.336 e. The predicted octanol–water partition coefficient (Wildman–Crippen LogP) is 5.00. The van der Waals surface area contributed by atoms with Crippen molar-refractivity contribution >= 4 is 34.0 Å². The maximum Gasteiger partial charge on any atom is 0.206 e. The van der Waals surface area contributed by atoms with Crippen LogP contribution in [-0.4, -0.2) is 12.8 Å². The van der Waals surface area contributed by atoms with Crippen molar-refractivity contribution in [2.45, 2.75) is 4.90 Å². The summed E-state index contributed by atoms with van der Waals surface area (Å²) >= 11 is 1.48. The molecule has 0 unspecified atom stereocenters. The smallest absolute Gasteiger partial charge is 0.206 e. The topological polar surface area (TPSA) is 44.1 Å². The van der Waals surface area contributed by atoms with Crippen LogP contribution in [0.3, 0.4) is 0 Å². The van der Waals surface area contributed by atoms with Gasteiger partial charge in [-0.05, 0) is 11.5 Å². The lowest BCUT2D eigenvalue weighted by molar-refractivity contribution is 0.103. The third-order valence-electron chi connectivity index (χ3n) is 4.30. The van der Waals surface area contributed by atoms with Gasteiger partial charge in [0.15, 0.2) is 0 Å². The molecule has 0 amide bonds. The number of rotatable bonds is 2. The molecule has 0 aromatic heterocycles. The van der Waals surface area contributed by atoms with E-state index >= 15 is 0 Å². The number of hydrogen-bond acceptors (Lipinski definition) is 4. The number of hydrogen-bond donors (Lipinski definition) is 0. The Labute approximate surface area is 150 Å². The lowest BCUT2D eigenvalue weighted by atomic mass is 10.0. The Hall–Kier alpha value is -3.03. The van der Waals surface area contributed by atoms with Gasteiger partial charge in [0.1, 0.15) is 16.7 Å². The van der Waals surface area contributed by atoms with E-state index in [0.29, 0.717) is 10.6 Å². The monoisotopic (exact) mass is 342 g/mol. The molecule has 120 valence electrons. The number of benzene rings is 3. The summed E-state index contributed by atoms with van der Waals surface area (Å²) < 4.78 is 0. The van der Waals surface area contributed by atoms with Crippen LogP contribution in [0.25, 0.3) is 10.8 Å². The maximum atomic E-state index is 12.8. The van der Waals surface area contributed by atoms with E-state index in [1.165, 1.54) is 11.8 Å². The lowest BCUT2D eigenvalue weighted by Gasteiger charge is -2.16. The van der Waals surface area contributed by atoms with E-state index in [1.54, 1.807) is 24.3 Å². The fourth-order valence-corrected chi connectivity index (χ4v) is 4.24. The van der Waals surface area contributed by atoms with Crippen LogP contribution in [0.1, 0.15) is 10.4 Å². The molecule has 0 saturated heterocycles. The normalized spacial score (nSPS) is 15.0. The zero-order valence-electron chi connectivity index (χ0n) is 13.6. The van der Waals surface area contributed by atoms with Crippen LogP contribution in [0, 0.1) is 11.3 Å². The molecule has 0 saturated carbocycles. The van der Waals surface area contributed by atoms with E-state index in [-0.39, 0.29) is 11.4 Å². The number of nitrogens with zero attached hydrogens (tertiary/aromatic N) is 2. The SMILES string of the molecule is CN1/C(=C(/C#N)C(=O)c2ccccc2)Sc2ccc3ccccc3c21. The summed E-state index contributed by atoms with van der Waals surface area (Å²) in [6.45, 7) is 0. The van der Waals surface area contributed by atoms with E-state index < -0.39 is 0 Å². The maximum absolute atomic E-state index is 12.8. The number of carbonyl (C=O) groups excluding carboxylic acids is 1. The van der Waals surface area contributed by atoms with Crippen LogP contribution >= 0.6 is 11.8 Å². The Morgan fingerprint density at radius 3 is 2.48 bits per heavy atom. The molecule has 3 aromatic carbocycles. The van der Waals surface area contributed by atoms with Gasteiger partial charge in [0.25, 0.3) is 0 Å². The Morgan fingerprint density at radius 2 is 1.72 bits per heavy atom. The molecular formula is C21H14N2OS. The fourth-order valence-electron chi connectivity index (χ4n) is 3.09. The van der Waals surface area contributed by atoms with Crippen molar-refractivity contribution < 1.29 is 4.79 Å². The molecular weight excluding hydrogens is 328 g/mol. The number of carbonyl (C=O) groups is 1. The van der Waals surface area contributed by atoms with E-state index in [4.69, 9.17) is 0 Å². The van der Waals surface area contributed by atoms with Crippen LogP contribution < -0.4 is 4.90 Å². The molecule has 0 bridgehead atoms. The van der Waals surface area contributed by atoms with E-state index in [0.717, 1.165) is 21.4 Å². The van der Waals surface area contributed by atoms with E-state index in [2.05, 4.69) is 24.3 Å². The first-order chi connectivity index (χ1) is 12.2. The van der Waals surface area contributed by atoms with Crippen LogP contribution in [0.4, 0.5) is 5.69 Å². The van der Waals surface area contributed by atoms with E-state index in [1.807, 2.05) is 36.2 Å². The van der Waals surface area contributed by atoms with Crippen LogP contribution in [0.5, 0.6) is 0 Å². The summed E-state index contributed by atoms with van der Waals surface area (Å²) in [5, 5.41) is 12.6. The third kappa shape index (κ3) is 2.50. The van der Waals surface area contributed by atoms with Gasteiger partial charge in [-0.25, -0.2) is 0 Å². The van der Waals surface area contributed by atoms with Crippen molar-refractivity contribution in [2.75, 3.05) is 11.9 Å². The molecule has 25 heavy (non-hydrogen) atoms. The second-order valence-electron chi connectivity index (χ2n) is 5.78. The Morgan fingerprint density at radius 1 is 1.00 bits per heavy atom. The van der Waals surface area contributed by atoms with Gasteiger partial charge in [0, 0.05) is 22.9 Å². The van der Waals surface area contributed by atoms with Crippen molar-refractivity contribution in [3.05, 3.63) is 82.9 Å². The lowest BCUT2D eigenvalue weighted by Crippen LogP contribution is -2.15. The van der Waals surface area contributed by atoms with Crippen LogP contribution in [0.15, 0.2) is 82.2 Å². The third-order valence-corrected chi connectivity index (χ3v) is 5.52. The number of allylic oxidation sites excluding steroid dienone is 1. The summed E-state index contributed by atoms with van der Waals surface area (Å²) in [5.74, 6) is -0.241. The second kappa shape index (κ2) is 6.12. The van der Waals surface area contributed by atoms with Gasteiger partial charge < -0.3 is 4.90 Å². The molecule has 0 atom stereocenters. The molecule has 1 aliphatic rings. The fraction of sp³-hybridized carbons (Fsp3) is 0.0476. The average molecular weight is 342 g/mol. The van der Waals surface area contributed by atoms with Gasteiger partial charge >= 0.3 is 0 Å². The highest BCUT2D eigenvalue weighted by atomic mass is 32.2. The largest absolute Gasteiger partial charge is 0.336 e. The summed E-state index contributed by atoms with van der Waals surface area (Å²) in [5.41, 5.74) is 1.76. The predicted molar refractivity (Wildman–Crippen MR) is 102 cm³/mol. The number of anilines is 1. The minimum atomic E-state index is -0.241. The number of fused-ring (bicyclic) bond motifs is 3. The quantitative estimate of drug-likeness (QED) is 0.373. The summed E-state index contributed by atoms with van der Waals surface area (Å²) in [7, 11) is 1.91. The zero-order chi connectivity index (χ0) is 17.4. The van der Waals surface area contributed by atoms with Crippen molar-refractivity contribution in [3.8, 4) is 6.07 Å². The van der Waals surface area contributed by atoms with Crippen molar-refractivity contribution in [3.63, 3.8) is 0 Å². The van der Waals surface area contributed by atoms with Crippen molar-refractivity contribution in [2.24, 2.45) is 0 Å². The Kier molecular flexibility index (Phi) is 3.79. The summed E-state index contributed by atoms with van der Waals surface area (Å²) in [6.07, 6.45) is 0. The van der Waals surface area contributed by atoms with Crippen molar-refractivity contribution in [1.82, 2.24) is 0 Å². The van der Waals surface area contributed by atoms with Gasteiger partial charge in [0.05, 0.1) is 5.69 Å². The zero-order valence-corrected chi connectivity index (χ0v) is 14.4. The first-order valence-electron chi connectivity index (χ1n) is 7.88. The highest BCUT2D eigenvalue weighted by molar-refractivity contribution is 8.03. The number of Topliss-reactive ketones (excluding diaryl/α,β-unsaturated/α-hetero) is 1. The second-order valence-corrected chi connectivity index (χ2v) is 6.81. The molecule has 4 heteroatoms. The van der Waals surface area contributed by atoms with Gasteiger partial charge in [-0.15, -0.1) is 0 Å². The molecule has 1 aliphatic heterocycles. The summed E-state index contributed by atoms with van der Waals surface area (Å²) in [4.78, 5) is 15.8. The summed E-state index contributed by atoms with van der Waals surface area (Å²) in [6, 6.07) is 23.3. The van der Waals surface area contributed by atoms with Gasteiger partial charge in [-0.1, -0.05) is 72.4 Å². The molecule has 1 heterocycles. The number of nitriles is 1. The molecule has 3 aromatic rings. The molecule has 0 fully saturated rings. The molecule has 0 radical (unpaired) electrons. The molecule has 0 spiro atoms. The Bertz CT molecular complexity index is 1060. The number of ketones is 1. The number of thioether (sulfide) groups is 1. The first-order valence-corrected chi connectivity index (χ1v) is 8.70. The molecule has 0 N–H and O–H groups in total. The van der Waals surface area contributed by atoms with Gasteiger partial charge in [-0.3, -0.25) is 4.79 Å². The van der Waals surface area contributed by atoms with Gasteiger partial charge in [0.2, 0.25) is 5.78 Å². The van der Waals surface area contributed by atoms with Crippen LogP contribution in [0.2, 0.25) is 0 Å². The van der Waals surface area contributed by atoms with Crippen molar-refractivity contribution in [1.29, 1.82) is 5.26 Å². The standard InChI is InChI=1S/C21H14N2OS/c1-23-19-16-10-6-5-7-14(16)11-12-18(19)25-21(23)17(13-22)20(24)15-8-3-2-4-9-15/h2-12H,1H3/b21-17+. The first kappa shape index (κ1) is 15.5. The highest BCUT2D eigenvalue weighted by Crippen LogP contribution is 2.49. The highest BCUT2D eigenvalue weighted by Gasteiger charge is 2.29. The minimum absolute atomic E-state index is 0.180. The molecule has 3 nitrogen and oxygen atoms in total. The average Bonchev–Trinajstić information content (AvgIpc) is 3.00. The van der Waals surface area contributed by atoms with E-state index in [9.17, 15) is 10.1 Å².